The van der Waals surface area contributed by atoms with Crippen LogP contribution >= 0.6 is 25.3 Å². The Balaban J connectivity index is -0.000000405. The maximum absolute atomic E-state index is 8.75. The monoisotopic (exact) mass is 218 g/mol. The quantitative estimate of drug-likeness (QED) is 0.245. The van der Waals surface area contributed by atoms with E-state index in [1.807, 2.05) is 0 Å². The van der Waals surface area contributed by atoms with Crippen LogP contribution in [-0.2, 0) is 0 Å². The number of thiol groups is 2. The van der Waals surface area contributed by atoms with Crippen molar-refractivity contribution >= 4 is 84.4 Å². The minimum atomic E-state index is -1.42. The minimum absolute atomic E-state index is 0. The molecule has 0 saturated heterocycles. The van der Waals surface area contributed by atoms with Crippen LogP contribution in [0.15, 0.2) is 9.81 Å². The topological polar surface area (TPSA) is 67.8 Å². The molecule has 0 aliphatic carbocycles. The molecule has 0 bridgehead atoms. The van der Waals surface area contributed by atoms with Crippen molar-refractivity contribution in [3.63, 3.8) is 0 Å². The molecule has 0 aromatic carbocycles. The number of hydrogen-bond donors (Lipinski definition) is 3. The number of nitriles is 2. The molecule has 1 unspecified atom stereocenters. The Morgan fingerprint density at radius 1 is 1.25 bits per heavy atom. The van der Waals surface area contributed by atoms with Gasteiger partial charge in [0.2, 0.25) is 0 Å². The third-order valence-corrected chi connectivity index (χ3v) is 1.24. The van der Waals surface area contributed by atoms with Gasteiger partial charge in [-0.25, -0.2) is 0 Å². The molecule has 54 valence electrons. The van der Waals surface area contributed by atoms with E-state index in [0.717, 1.165) is 0 Å². The summed E-state index contributed by atoms with van der Waals surface area (Å²) in [6.45, 7) is 0. The Morgan fingerprint density at radius 3 is 1.75 bits per heavy atom. The first-order valence-corrected chi connectivity index (χ1v) is 3.12. The molecular weight excluding hydrogens is 214 g/mol. The molecule has 0 fully saturated rings. The first-order chi connectivity index (χ1) is 4.63. The van der Waals surface area contributed by atoms with Crippen molar-refractivity contribution in [3.05, 3.63) is 9.81 Å². The van der Waals surface area contributed by atoms with Crippen molar-refractivity contribution in [1.82, 2.24) is 0 Å². The molecule has 0 saturated carbocycles. The molecule has 12 heavy (non-hydrogen) atoms. The van der Waals surface area contributed by atoms with Crippen molar-refractivity contribution < 1.29 is 5.11 Å². The molecule has 0 heterocycles. The largest absolute Gasteiger partial charge is 0.373 e. The minimum Gasteiger partial charge on any atom is -0.373 e. The second-order valence-electron chi connectivity index (χ2n) is 1.38. The van der Waals surface area contributed by atoms with Crippen molar-refractivity contribution in [2.24, 2.45) is 0 Å². The van der Waals surface area contributed by atoms with E-state index in [0.29, 0.717) is 0 Å². The van der Waals surface area contributed by atoms with Gasteiger partial charge in [0.05, 0.1) is 15.9 Å². The molecule has 0 aliphatic rings. The van der Waals surface area contributed by atoms with Crippen LogP contribution < -0.4 is 0 Å². The van der Waals surface area contributed by atoms with Gasteiger partial charge in [-0.2, -0.15) is 10.5 Å². The number of aliphatic hydroxyl groups is 1. The van der Waals surface area contributed by atoms with E-state index in [2.05, 4.69) is 25.3 Å². The van der Waals surface area contributed by atoms with Crippen LogP contribution in [-0.4, -0.2) is 70.3 Å². The van der Waals surface area contributed by atoms with Crippen LogP contribution in [0.5, 0.6) is 0 Å². The van der Waals surface area contributed by atoms with E-state index in [4.69, 9.17) is 15.6 Å². The molecule has 3 nitrogen and oxygen atoms in total. The number of nitrogens with zero attached hydrogens (tertiary/aromatic N) is 2. The molecule has 1 atom stereocenters. The molecule has 7 heteroatoms. The number of hydrogen-bond acceptors (Lipinski definition) is 5. The molecule has 1 N–H and O–H groups in total. The summed E-state index contributed by atoms with van der Waals surface area (Å²) in [4.78, 5) is 0. The third-order valence-electron chi connectivity index (χ3n) is 0.757. The summed E-state index contributed by atoms with van der Waals surface area (Å²) in [6.07, 6.45) is -1.42. The van der Waals surface area contributed by atoms with E-state index < -0.39 is 6.10 Å². The van der Waals surface area contributed by atoms with Gasteiger partial charge in [0.1, 0.15) is 6.07 Å². The van der Waals surface area contributed by atoms with Gasteiger partial charge in [-0.05, 0) is 0 Å². The SMILES string of the molecule is N#CC(=C(S)S)C(O)C#N.[Na].[Na]. The normalized spacial score (nSPS) is 9.08. The molecule has 0 aromatic rings. The van der Waals surface area contributed by atoms with Gasteiger partial charge < -0.3 is 5.11 Å². The van der Waals surface area contributed by atoms with Crippen LogP contribution in [0.2, 0.25) is 0 Å². The van der Waals surface area contributed by atoms with Gasteiger partial charge in [-0.15, -0.1) is 25.3 Å². The number of aliphatic hydroxyl groups excluding tert-OH is 1. The first kappa shape index (κ1) is 19.0. The summed E-state index contributed by atoms with van der Waals surface area (Å²) in [5.74, 6) is 0. The predicted octanol–water partition coefficient (Wildman–Crippen LogP) is -0.296. The van der Waals surface area contributed by atoms with Crippen LogP contribution in [0.25, 0.3) is 0 Å². The molecule has 0 amide bonds. The number of rotatable bonds is 1. The average Bonchev–Trinajstić information content (AvgIpc) is 1.88. The van der Waals surface area contributed by atoms with Gasteiger partial charge in [0.25, 0.3) is 0 Å². The fourth-order valence-corrected chi connectivity index (χ4v) is 0.643. The molecule has 0 aromatic heterocycles. The van der Waals surface area contributed by atoms with Gasteiger partial charge >= 0.3 is 0 Å². The van der Waals surface area contributed by atoms with Crippen molar-refractivity contribution in [3.8, 4) is 12.1 Å². The van der Waals surface area contributed by atoms with Crippen molar-refractivity contribution in [1.29, 1.82) is 10.5 Å². The third kappa shape index (κ3) is 6.85. The van der Waals surface area contributed by atoms with Crippen molar-refractivity contribution in [2.75, 3.05) is 0 Å². The molecule has 0 aliphatic heterocycles. The molecule has 0 rings (SSSR count). The van der Waals surface area contributed by atoms with Crippen LogP contribution in [0.1, 0.15) is 0 Å². The van der Waals surface area contributed by atoms with E-state index in [1.54, 1.807) is 6.07 Å². The van der Waals surface area contributed by atoms with Crippen LogP contribution in [0.4, 0.5) is 0 Å². The van der Waals surface area contributed by atoms with Gasteiger partial charge in [-0.1, -0.05) is 0 Å². The molecule has 0 spiro atoms. The maximum Gasteiger partial charge on any atom is 0.177 e. The van der Waals surface area contributed by atoms with Gasteiger partial charge in [-0.3, -0.25) is 0 Å². The van der Waals surface area contributed by atoms with Gasteiger partial charge in [0.15, 0.2) is 6.10 Å². The molecule has 2 radical (unpaired) electrons. The Bertz CT molecular complexity index is 239. The van der Waals surface area contributed by atoms with E-state index in [-0.39, 0.29) is 68.9 Å². The zero-order valence-electron chi connectivity index (χ0n) is 6.81. The Hall–Kier alpha value is 1.38. The van der Waals surface area contributed by atoms with Crippen LogP contribution in [0.3, 0.4) is 0 Å². The van der Waals surface area contributed by atoms with E-state index in [1.165, 1.54) is 6.07 Å². The summed E-state index contributed by atoms with van der Waals surface area (Å²) < 4.78 is 0.0663. The van der Waals surface area contributed by atoms with E-state index in [9.17, 15) is 0 Å². The predicted molar refractivity (Wildman–Crippen MR) is 53.7 cm³/mol. The zero-order valence-corrected chi connectivity index (χ0v) is 12.6. The van der Waals surface area contributed by atoms with Crippen LogP contribution in [0, 0.1) is 22.7 Å². The summed E-state index contributed by atoms with van der Waals surface area (Å²) in [7, 11) is 0. The smallest absolute Gasteiger partial charge is 0.177 e. The maximum atomic E-state index is 8.75. The zero-order chi connectivity index (χ0) is 8.15. The Kier molecular flexibility index (Phi) is 16.6. The summed E-state index contributed by atoms with van der Waals surface area (Å²) in [5.41, 5.74) is -0.130. The second kappa shape index (κ2) is 10.5. The fraction of sp³-hybridized carbons (Fsp3) is 0.200. The van der Waals surface area contributed by atoms with Crippen molar-refractivity contribution in [2.45, 2.75) is 6.10 Å². The summed E-state index contributed by atoms with van der Waals surface area (Å²) in [6, 6.07) is 3.08. The summed E-state index contributed by atoms with van der Waals surface area (Å²) >= 11 is 7.35. The Morgan fingerprint density at radius 2 is 1.67 bits per heavy atom. The second-order valence-corrected chi connectivity index (χ2v) is 2.63. The average molecular weight is 218 g/mol. The van der Waals surface area contributed by atoms with E-state index >= 15 is 0 Å². The first-order valence-electron chi connectivity index (χ1n) is 2.23. The van der Waals surface area contributed by atoms with Gasteiger partial charge in [0, 0.05) is 59.1 Å². The fourth-order valence-electron chi connectivity index (χ4n) is 0.298. The standard InChI is InChI=1S/C5H4N2OS2.2Na/c6-1-3(5(9)10)4(8)2-7;;/h4,8-10H;;. The molecular formula is C5H4N2Na2OS2. The Labute approximate surface area is 126 Å². The summed E-state index contributed by atoms with van der Waals surface area (Å²) in [5, 5.41) is 25.2.